The first-order valence-electron chi connectivity index (χ1n) is 9.17. The van der Waals surface area contributed by atoms with Gasteiger partial charge in [0.25, 0.3) is 0 Å². The number of rotatable bonds is 1. The number of hydrogen-bond acceptors (Lipinski definition) is 1. The third kappa shape index (κ3) is 3.07. The van der Waals surface area contributed by atoms with Gasteiger partial charge < -0.3 is 15.2 Å². The number of amides is 2. The molecule has 0 bridgehead atoms. The van der Waals surface area contributed by atoms with Crippen molar-refractivity contribution in [3.63, 3.8) is 0 Å². The molecule has 0 aliphatic carbocycles. The van der Waals surface area contributed by atoms with Crippen LogP contribution in [0.15, 0.2) is 48.5 Å². The summed E-state index contributed by atoms with van der Waals surface area (Å²) in [5.74, 6) is 0. The fraction of sp³-hybridized carbons (Fsp3) is 0.318. The highest BCUT2D eigenvalue weighted by Gasteiger charge is 2.24. The van der Waals surface area contributed by atoms with Gasteiger partial charge in [-0.15, -0.1) is 0 Å². The molecule has 4 nitrogen and oxygen atoms in total. The van der Waals surface area contributed by atoms with Crippen LogP contribution in [0.4, 0.5) is 10.5 Å². The molecule has 2 heterocycles. The number of carbonyl (C=O) groups is 1. The number of fused-ring (bicyclic) bond motifs is 3. The molecule has 134 valence electrons. The second kappa shape index (κ2) is 6.20. The van der Waals surface area contributed by atoms with Gasteiger partial charge >= 0.3 is 6.03 Å². The van der Waals surface area contributed by atoms with Gasteiger partial charge in [-0.05, 0) is 29.2 Å². The van der Waals surface area contributed by atoms with Gasteiger partial charge in [0.05, 0.1) is 0 Å². The van der Waals surface area contributed by atoms with E-state index in [-0.39, 0.29) is 11.4 Å². The fourth-order valence-electron chi connectivity index (χ4n) is 3.60. The molecule has 4 heteroatoms. The van der Waals surface area contributed by atoms with Crippen LogP contribution in [0.1, 0.15) is 37.6 Å². The molecule has 1 aliphatic heterocycles. The molecular weight excluding hydrogens is 322 g/mol. The van der Waals surface area contributed by atoms with Crippen LogP contribution in [0.3, 0.4) is 0 Å². The lowest BCUT2D eigenvalue weighted by Gasteiger charge is -2.27. The molecule has 0 atom stereocenters. The molecule has 0 unspecified atom stereocenters. The van der Waals surface area contributed by atoms with Gasteiger partial charge in [-0.1, -0.05) is 51.1 Å². The summed E-state index contributed by atoms with van der Waals surface area (Å²) in [5.41, 5.74) is 5.86. The zero-order chi connectivity index (χ0) is 18.3. The number of urea groups is 1. The maximum absolute atomic E-state index is 12.7. The van der Waals surface area contributed by atoms with Crippen molar-refractivity contribution in [1.82, 2.24) is 9.88 Å². The van der Waals surface area contributed by atoms with Gasteiger partial charge in [0.15, 0.2) is 0 Å². The predicted molar refractivity (Wildman–Crippen MR) is 107 cm³/mol. The third-order valence-electron chi connectivity index (χ3n) is 5.17. The van der Waals surface area contributed by atoms with E-state index >= 15 is 0 Å². The van der Waals surface area contributed by atoms with Crippen LogP contribution in [0, 0.1) is 0 Å². The summed E-state index contributed by atoms with van der Waals surface area (Å²) in [6.45, 7) is 7.93. The first kappa shape index (κ1) is 16.7. The van der Waals surface area contributed by atoms with Crippen molar-refractivity contribution in [2.75, 3.05) is 11.9 Å². The van der Waals surface area contributed by atoms with Crippen molar-refractivity contribution in [3.8, 4) is 0 Å². The Morgan fingerprint density at radius 1 is 1.08 bits per heavy atom. The average molecular weight is 347 g/mol. The van der Waals surface area contributed by atoms with E-state index in [0.717, 1.165) is 24.2 Å². The van der Waals surface area contributed by atoms with Gasteiger partial charge in [-0.3, -0.25) is 0 Å². The zero-order valence-electron chi connectivity index (χ0n) is 15.6. The lowest BCUT2D eigenvalue weighted by Crippen LogP contribution is -2.38. The van der Waals surface area contributed by atoms with E-state index in [1.165, 1.54) is 22.2 Å². The van der Waals surface area contributed by atoms with Gasteiger partial charge in [0.2, 0.25) is 0 Å². The lowest BCUT2D eigenvalue weighted by molar-refractivity contribution is 0.206. The van der Waals surface area contributed by atoms with Gasteiger partial charge in [0.1, 0.15) is 0 Å². The summed E-state index contributed by atoms with van der Waals surface area (Å²) in [7, 11) is 0. The van der Waals surface area contributed by atoms with Crippen LogP contribution < -0.4 is 5.32 Å². The van der Waals surface area contributed by atoms with Crippen LogP contribution in [0.25, 0.3) is 10.9 Å². The van der Waals surface area contributed by atoms with E-state index in [0.29, 0.717) is 6.54 Å². The number of carbonyl (C=O) groups excluding carboxylic acids is 1. The van der Waals surface area contributed by atoms with E-state index in [2.05, 4.69) is 55.3 Å². The number of aromatic nitrogens is 1. The highest BCUT2D eigenvalue weighted by Crippen LogP contribution is 2.28. The Morgan fingerprint density at radius 3 is 2.54 bits per heavy atom. The highest BCUT2D eigenvalue weighted by atomic mass is 16.2. The van der Waals surface area contributed by atoms with Crippen molar-refractivity contribution >= 4 is 22.6 Å². The molecule has 1 aromatic heterocycles. The number of nitrogens with one attached hydrogen (secondary N) is 2. The Morgan fingerprint density at radius 2 is 1.81 bits per heavy atom. The number of para-hydroxylation sites is 1. The number of benzene rings is 2. The van der Waals surface area contributed by atoms with Crippen LogP contribution in [-0.4, -0.2) is 22.5 Å². The Bertz CT molecular complexity index is 948. The molecule has 26 heavy (non-hydrogen) atoms. The summed E-state index contributed by atoms with van der Waals surface area (Å²) in [6, 6.07) is 16.4. The number of hydrogen-bond donors (Lipinski definition) is 2. The minimum Gasteiger partial charge on any atom is -0.358 e. The first-order valence-corrected chi connectivity index (χ1v) is 9.17. The first-order chi connectivity index (χ1) is 12.4. The second-order valence-corrected chi connectivity index (χ2v) is 8.06. The zero-order valence-corrected chi connectivity index (χ0v) is 15.6. The number of H-pyrrole nitrogens is 1. The van der Waals surface area contributed by atoms with E-state index in [1.807, 2.05) is 29.2 Å². The van der Waals surface area contributed by atoms with Crippen LogP contribution in [-0.2, 0) is 18.4 Å². The summed E-state index contributed by atoms with van der Waals surface area (Å²) in [6.07, 6.45) is 0.862. The van der Waals surface area contributed by atoms with E-state index < -0.39 is 0 Å². The van der Waals surface area contributed by atoms with Crippen LogP contribution >= 0.6 is 0 Å². The van der Waals surface area contributed by atoms with E-state index in [1.54, 1.807) is 0 Å². The SMILES string of the molecule is CC(C)(C)c1ccc(NC(=O)N2CCc3[nH]c4ccccc4c3C2)cc1. The Kier molecular flexibility index (Phi) is 3.98. The number of nitrogens with zero attached hydrogens (tertiary/aromatic N) is 1. The molecule has 0 radical (unpaired) electrons. The van der Waals surface area contributed by atoms with E-state index in [4.69, 9.17) is 0 Å². The molecule has 4 rings (SSSR count). The topological polar surface area (TPSA) is 48.1 Å². The summed E-state index contributed by atoms with van der Waals surface area (Å²) < 4.78 is 0. The van der Waals surface area contributed by atoms with Crippen molar-refractivity contribution in [2.24, 2.45) is 0 Å². The molecule has 2 aromatic carbocycles. The minimum atomic E-state index is -0.0376. The van der Waals surface area contributed by atoms with Crippen LogP contribution in [0.2, 0.25) is 0 Å². The molecule has 0 fully saturated rings. The molecule has 0 saturated heterocycles. The van der Waals surface area contributed by atoms with Crippen molar-refractivity contribution in [3.05, 3.63) is 65.4 Å². The predicted octanol–water partition coefficient (Wildman–Crippen LogP) is 5.06. The summed E-state index contributed by atoms with van der Waals surface area (Å²) in [4.78, 5) is 18.1. The maximum atomic E-state index is 12.7. The monoisotopic (exact) mass is 347 g/mol. The van der Waals surface area contributed by atoms with Gasteiger partial charge in [0, 0.05) is 47.4 Å². The fourth-order valence-corrected chi connectivity index (χ4v) is 3.60. The van der Waals surface area contributed by atoms with Crippen molar-refractivity contribution in [1.29, 1.82) is 0 Å². The lowest BCUT2D eigenvalue weighted by atomic mass is 9.87. The average Bonchev–Trinajstić information content (AvgIpc) is 2.99. The largest absolute Gasteiger partial charge is 0.358 e. The Balaban J connectivity index is 1.49. The van der Waals surface area contributed by atoms with E-state index in [9.17, 15) is 4.79 Å². The Labute approximate surface area is 154 Å². The molecule has 2 N–H and O–H groups in total. The standard InChI is InChI=1S/C22H25N3O/c1-22(2,3)15-8-10-16(11-9-15)23-21(26)25-13-12-20-18(14-25)17-6-4-5-7-19(17)24-20/h4-11,24H,12-14H2,1-3H3,(H,23,26). The normalized spacial score (nSPS) is 14.3. The molecule has 1 aliphatic rings. The minimum absolute atomic E-state index is 0.0376. The summed E-state index contributed by atoms with van der Waals surface area (Å²) in [5, 5.41) is 4.26. The smallest absolute Gasteiger partial charge is 0.322 e. The van der Waals surface area contributed by atoms with Crippen molar-refractivity contribution in [2.45, 2.75) is 39.2 Å². The highest BCUT2D eigenvalue weighted by molar-refractivity contribution is 5.91. The van der Waals surface area contributed by atoms with Gasteiger partial charge in [-0.25, -0.2) is 4.79 Å². The molecule has 0 spiro atoms. The van der Waals surface area contributed by atoms with Crippen molar-refractivity contribution < 1.29 is 4.79 Å². The molecule has 2 amide bonds. The number of aromatic amines is 1. The van der Waals surface area contributed by atoms with Crippen LogP contribution in [0.5, 0.6) is 0 Å². The second-order valence-electron chi connectivity index (χ2n) is 8.06. The number of anilines is 1. The summed E-state index contributed by atoms with van der Waals surface area (Å²) >= 11 is 0. The molecular formula is C22H25N3O. The Hall–Kier alpha value is -2.75. The molecule has 3 aromatic rings. The quantitative estimate of drug-likeness (QED) is 0.635. The molecule has 0 saturated carbocycles. The van der Waals surface area contributed by atoms with Gasteiger partial charge in [-0.2, -0.15) is 0 Å². The maximum Gasteiger partial charge on any atom is 0.322 e. The third-order valence-corrected chi connectivity index (χ3v) is 5.17.